The molecule has 0 unspecified atom stereocenters. The molecule has 3 rings (SSSR count). The number of aryl methyl sites for hydroxylation is 2. The van der Waals surface area contributed by atoms with Crippen molar-refractivity contribution in [2.75, 3.05) is 5.73 Å². The summed E-state index contributed by atoms with van der Waals surface area (Å²) in [4.78, 5) is 4.58. The Morgan fingerprint density at radius 2 is 2.06 bits per heavy atom. The van der Waals surface area contributed by atoms with Gasteiger partial charge in [0.05, 0.1) is 11.2 Å². The highest BCUT2D eigenvalue weighted by Gasteiger charge is 2.08. The first-order chi connectivity index (χ1) is 7.66. The molecule has 80 valence electrons. The maximum atomic E-state index is 5.94. The maximum absolute atomic E-state index is 5.94. The van der Waals surface area contributed by atoms with E-state index in [0.29, 0.717) is 0 Å². The lowest BCUT2D eigenvalue weighted by Gasteiger charge is -2.01. The fourth-order valence-electron chi connectivity index (χ4n) is 2.05. The Bertz CT molecular complexity index is 697. The normalized spacial score (nSPS) is 11.4. The predicted molar refractivity (Wildman–Crippen MR) is 65.2 cm³/mol. The number of nitrogens with zero attached hydrogens (tertiary/aromatic N) is 3. The molecule has 0 aliphatic carbocycles. The second-order valence-corrected chi connectivity index (χ2v) is 3.98. The van der Waals surface area contributed by atoms with Crippen LogP contribution in [0.1, 0.15) is 5.69 Å². The van der Waals surface area contributed by atoms with Gasteiger partial charge < -0.3 is 5.73 Å². The van der Waals surface area contributed by atoms with Crippen molar-refractivity contribution in [2.45, 2.75) is 6.92 Å². The van der Waals surface area contributed by atoms with Crippen LogP contribution in [0.15, 0.2) is 24.3 Å². The third kappa shape index (κ3) is 1.10. The summed E-state index contributed by atoms with van der Waals surface area (Å²) >= 11 is 0. The molecular weight excluding hydrogens is 200 g/mol. The van der Waals surface area contributed by atoms with E-state index >= 15 is 0 Å². The highest BCUT2D eigenvalue weighted by molar-refractivity contribution is 5.98. The lowest BCUT2D eigenvalue weighted by molar-refractivity contribution is 0.775. The molecule has 4 heteroatoms. The van der Waals surface area contributed by atoms with Crippen LogP contribution in [0.4, 0.5) is 5.69 Å². The van der Waals surface area contributed by atoms with Crippen LogP contribution in [0, 0.1) is 6.92 Å². The Labute approximate surface area is 92.7 Å². The number of fused-ring (bicyclic) bond motifs is 2. The summed E-state index contributed by atoms with van der Waals surface area (Å²) in [5, 5.41) is 6.41. The fourth-order valence-corrected chi connectivity index (χ4v) is 2.05. The van der Waals surface area contributed by atoms with Gasteiger partial charge in [-0.3, -0.25) is 4.68 Å². The van der Waals surface area contributed by atoms with Gasteiger partial charge in [-0.25, -0.2) is 4.98 Å². The van der Waals surface area contributed by atoms with E-state index in [1.807, 2.05) is 32.2 Å². The van der Waals surface area contributed by atoms with Gasteiger partial charge in [0, 0.05) is 23.5 Å². The van der Waals surface area contributed by atoms with E-state index in [9.17, 15) is 0 Å². The van der Waals surface area contributed by atoms with Gasteiger partial charge in [-0.15, -0.1) is 0 Å². The predicted octanol–water partition coefficient (Wildman–Crippen LogP) is 2.01. The minimum atomic E-state index is 0.759. The van der Waals surface area contributed by atoms with E-state index < -0.39 is 0 Å². The fraction of sp³-hybridized carbons (Fsp3) is 0.167. The van der Waals surface area contributed by atoms with E-state index in [-0.39, 0.29) is 0 Å². The van der Waals surface area contributed by atoms with E-state index in [0.717, 1.165) is 33.3 Å². The van der Waals surface area contributed by atoms with Crippen molar-refractivity contribution in [1.82, 2.24) is 14.8 Å². The van der Waals surface area contributed by atoms with Crippen LogP contribution in [0.2, 0.25) is 0 Å². The molecule has 4 nitrogen and oxygen atoms in total. The molecule has 2 heterocycles. The minimum Gasteiger partial charge on any atom is -0.398 e. The van der Waals surface area contributed by atoms with E-state index in [1.165, 1.54) is 0 Å². The average Bonchev–Trinajstić information content (AvgIpc) is 2.53. The van der Waals surface area contributed by atoms with Gasteiger partial charge in [0.2, 0.25) is 0 Å². The standard InChI is InChI=1S/C12H12N4/c1-7-8-6-9-10(13)4-3-5-11(9)14-12(8)16(2)15-7/h3-6H,13H2,1-2H3. The molecule has 0 bridgehead atoms. The van der Waals surface area contributed by atoms with Crippen molar-refractivity contribution in [3.8, 4) is 0 Å². The van der Waals surface area contributed by atoms with Crippen molar-refractivity contribution in [1.29, 1.82) is 0 Å². The molecule has 0 aliphatic rings. The largest absolute Gasteiger partial charge is 0.398 e. The molecule has 3 aromatic rings. The number of benzene rings is 1. The summed E-state index contributed by atoms with van der Waals surface area (Å²) < 4.78 is 1.80. The number of pyridine rings is 1. The van der Waals surface area contributed by atoms with Gasteiger partial charge in [0.25, 0.3) is 0 Å². The number of nitrogens with two attached hydrogens (primary N) is 1. The number of anilines is 1. The Morgan fingerprint density at radius 3 is 2.88 bits per heavy atom. The summed E-state index contributed by atoms with van der Waals surface area (Å²) in [6.45, 7) is 1.98. The second-order valence-electron chi connectivity index (χ2n) is 3.98. The first-order valence-corrected chi connectivity index (χ1v) is 5.15. The molecular formula is C12H12N4. The molecule has 2 aromatic heterocycles. The number of hydrogen-bond donors (Lipinski definition) is 1. The second kappa shape index (κ2) is 2.95. The third-order valence-electron chi connectivity index (χ3n) is 2.87. The molecule has 0 atom stereocenters. The van der Waals surface area contributed by atoms with Crippen LogP contribution >= 0.6 is 0 Å². The van der Waals surface area contributed by atoms with Crippen molar-refractivity contribution in [2.24, 2.45) is 7.05 Å². The first-order valence-electron chi connectivity index (χ1n) is 5.15. The van der Waals surface area contributed by atoms with Gasteiger partial charge in [0.15, 0.2) is 5.65 Å². The summed E-state index contributed by atoms with van der Waals surface area (Å²) in [6.07, 6.45) is 0. The van der Waals surface area contributed by atoms with Crippen molar-refractivity contribution in [3.63, 3.8) is 0 Å². The quantitative estimate of drug-likeness (QED) is 0.580. The zero-order chi connectivity index (χ0) is 11.3. The Morgan fingerprint density at radius 1 is 1.25 bits per heavy atom. The van der Waals surface area contributed by atoms with Gasteiger partial charge in [-0.1, -0.05) is 6.07 Å². The molecule has 16 heavy (non-hydrogen) atoms. The van der Waals surface area contributed by atoms with Gasteiger partial charge in [0.1, 0.15) is 0 Å². The highest BCUT2D eigenvalue weighted by atomic mass is 15.3. The number of aromatic nitrogens is 3. The molecule has 1 aromatic carbocycles. The van der Waals surface area contributed by atoms with Crippen LogP contribution in [-0.2, 0) is 7.05 Å². The lowest BCUT2D eigenvalue weighted by Crippen LogP contribution is -1.93. The minimum absolute atomic E-state index is 0.759. The maximum Gasteiger partial charge on any atom is 0.158 e. The van der Waals surface area contributed by atoms with Crippen LogP contribution in [0.5, 0.6) is 0 Å². The van der Waals surface area contributed by atoms with Gasteiger partial charge >= 0.3 is 0 Å². The average molecular weight is 212 g/mol. The zero-order valence-corrected chi connectivity index (χ0v) is 9.23. The Balaban J connectivity index is 2.56. The molecule has 0 amide bonds. The number of hydrogen-bond acceptors (Lipinski definition) is 3. The Hall–Kier alpha value is -2.10. The first kappa shape index (κ1) is 9.15. The van der Waals surface area contributed by atoms with Crippen LogP contribution in [-0.4, -0.2) is 14.8 Å². The molecule has 0 saturated carbocycles. The molecule has 0 aliphatic heterocycles. The van der Waals surface area contributed by atoms with Crippen molar-refractivity contribution < 1.29 is 0 Å². The third-order valence-corrected chi connectivity index (χ3v) is 2.87. The molecule has 2 N–H and O–H groups in total. The van der Waals surface area contributed by atoms with Gasteiger partial charge in [-0.05, 0) is 25.1 Å². The summed E-state index contributed by atoms with van der Waals surface area (Å²) in [7, 11) is 1.90. The van der Waals surface area contributed by atoms with E-state index in [2.05, 4.69) is 16.1 Å². The van der Waals surface area contributed by atoms with Crippen LogP contribution in [0.25, 0.3) is 21.9 Å². The van der Waals surface area contributed by atoms with E-state index in [1.54, 1.807) is 4.68 Å². The number of rotatable bonds is 0. The van der Waals surface area contributed by atoms with Crippen molar-refractivity contribution >= 4 is 27.6 Å². The summed E-state index contributed by atoms with van der Waals surface area (Å²) in [5.74, 6) is 0. The summed E-state index contributed by atoms with van der Waals surface area (Å²) in [5.41, 5.74) is 9.49. The summed E-state index contributed by atoms with van der Waals surface area (Å²) in [6, 6.07) is 7.84. The van der Waals surface area contributed by atoms with E-state index in [4.69, 9.17) is 5.73 Å². The molecule has 0 fully saturated rings. The SMILES string of the molecule is Cc1nn(C)c2nc3cccc(N)c3cc12. The number of nitrogen functional groups attached to an aromatic ring is 1. The van der Waals surface area contributed by atoms with Crippen LogP contribution in [0.3, 0.4) is 0 Å². The lowest BCUT2D eigenvalue weighted by atomic mass is 10.1. The Kier molecular flexibility index (Phi) is 1.68. The molecule has 0 spiro atoms. The highest BCUT2D eigenvalue weighted by Crippen LogP contribution is 2.25. The molecule has 0 radical (unpaired) electrons. The monoisotopic (exact) mass is 212 g/mol. The smallest absolute Gasteiger partial charge is 0.158 e. The topological polar surface area (TPSA) is 56.7 Å². The molecule has 0 saturated heterocycles. The zero-order valence-electron chi connectivity index (χ0n) is 9.23. The van der Waals surface area contributed by atoms with Gasteiger partial charge in [-0.2, -0.15) is 5.10 Å². The van der Waals surface area contributed by atoms with Crippen LogP contribution < -0.4 is 5.73 Å². The van der Waals surface area contributed by atoms with Crippen molar-refractivity contribution in [3.05, 3.63) is 30.0 Å².